The van der Waals surface area contributed by atoms with Gasteiger partial charge >= 0.3 is 17.9 Å². The summed E-state index contributed by atoms with van der Waals surface area (Å²) in [4.78, 5) is 38.1. The average Bonchev–Trinajstić information content (AvgIpc) is 3.29. The minimum atomic E-state index is -0.765. The van der Waals surface area contributed by atoms with Gasteiger partial charge in [0, 0.05) is 19.3 Å². The van der Waals surface area contributed by atoms with E-state index in [4.69, 9.17) is 14.2 Å². The lowest BCUT2D eigenvalue weighted by molar-refractivity contribution is -0.167. The van der Waals surface area contributed by atoms with Crippen LogP contribution in [-0.4, -0.2) is 37.2 Å². The van der Waals surface area contributed by atoms with E-state index in [0.717, 1.165) is 57.8 Å². The van der Waals surface area contributed by atoms with Gasteiger partial charge in [0.25, 0.3) is 0 Å². The van der Waals surface area contributed by atoms with Gasteiger partial charge in [0.2, 0.25) is 0 Å². The molecule has 6 nitrogen and oxygen atoms in total. The molecule has 0 aliphatic rings. The Kier molecular flexibility index (Phi) is 52.2. The fourth-order valence-corrected chi connectivity index (χ4v) is 8.68. The number of carbonyl (C=O) groups is 3. The highest BCUT2D eigenvalue weighted by Crippen LogP contribution is 2.17. The van der Waals surface area contributed by atoms with Crippen molar-refractivity contribution in [1.29, 1.82) is 0 Å². The van der Waals surface area contributed by atoms with Crippen molar-refractivity contribution in [3.63, 3.8) is 0 Å². The molecule has 0 heterocycles. The second kappa shape index (κ2) is 53.8. The molecule has 378 valence electrons. The van der Waals surface area contributed by atoms with Crippen molar-refractivity contribution in [1.82, 2.24) is 0 Å². The first-order valence-corrected chi connectivity index (χ1v) is 28.7. The first-order valence-electron chi connectivity index (χ1n) is 28.7. The molecule has 0 aromatic rings. The van der Waals surface area contributed by atoms with E-state index in [1.165, 1.54) is 225 Å². The van der Waals surface area contributed by atoms with E-state index in [-0.39, 0.29) is 31.1 Å². The summed E-state index contributed by atoms with van der Waals surface area (Å²) in [6.45, 7) is 6.69. The summed E-state index contributed by atoms with van der Waals surface area (Å²) in [5.41, 5.74) is 0. The van der Waals surface area contributed by atoms with Gasteiger partial charge < -0.3 is 14.2 Å². The van der Waals surface area contributed by atoms with Gasteiger partial charge in [0.05, 0.1) is 0 Å². The van der Waals surface area contributed by atoms with Crippen molar-refractivity contribution in [3.05, 3.63) is 12.2 Å². The summed E-state index contributed by atoms with van der Waals surface area (Å²) in [6.07, 6.45) is 60.5. The topological polar surface area (TPSA) is 78.9 Å². The van der Waals surface area contributed by atoms with Crippen LogP contribution in [0.25, 0.3) is 0 Å². The van der Waals surface area contributed by atoms with Gasteiger partial charge in [-0.25, -0.2) is 0 Å². The highest BCUT2D eigenvalue weighted by atomic mass is 16.6. The quantitative estimate of drug-likeness (QED) is 0.0262. The van der Waals surface area contributed by atoms with Gasteiger partial charge in [-0.3, -0.25) is 14.4 Å². The first kappa shape index (κ1) is 62.1. The molecule has 0 unspecified atom stereocenters. The van der Waals surface area contributed by atoms with Gasteiger partial charge in [0.15, 0.2) is 6.10 Å². The van der Waals surface area contributed by atoms with Crippen molar-refractivity contribution in [2.24, 2.45) is 0 Å². The minimum absolute atomic E-state index is 0.0652. The maximum atomic E-state index is 12.8. The Labute approximate surface area is 399 Å². The molecule has 0 aliphatic heterocycles. The van der Waals surface area contributed by atoms with Crippen LogP contribution in [0.5, 0.6) is 0 Å². The number of ether oxygens (including phenoxy) is 3. The van der Waals surface area contributed by atoms with Crippen molar-refractivity contribution in [2.45, 2.75) is 329 Å². The molecule has 0 aliphatic carbocycles. The molecule has 0 aromatic heterocycles. The molecule has 1 atom stereocenters. The molecule has 0 bridgehead atoms. The normalized spacial score (nSPS) is 12.0. The van der Waals surface area contributed by atoms with Crippen LogP contribution in [0.1, 0.15) is 323 Å². The van der Waals surface area contributed by atoms with E-state index < -0.39 is 6.10 Å². The summed E-state index contributed by atoms with van der Waals surface area (Å²) in [5.74, 6) is -0.846. The number of unbranched alkanes of at least 4 members (excludes halogenated alkanes) is 40. The van der Waals surface area contributed by atoms with Crippen LogP contribution in [0.4, 0.5) is 0 Å². The van der Waals surface area contributed by atoms with E-state index in [9.17, 15) is 14.4 Å². The number of esters is 3. The van der Waals surface area contributed by atoms with Crippen LogP contribution in [-0.2, 0) is 28.6 Å². The number of rotatable bonds is 53. The lowest BCUT2D eigenvalue weighted by Crippen LogP contribution is -2.30. The zero-order chi connectivity index (χ0) is 46.5. The maximum absolute atomic E-state index is 12.8. The number of hydrogen-bond acceptors (Lipinski definition) is 6. The van der Waals surface area contributed by atoms with E-state index in [2.05, 4.69) is 32.9 Å². The van der Waals surface area contributed by atoms with Crippen LogP contribution in [0.3, 0.4) is 0 Å². The number of allylic oxidation sites excluding steroid dienone is 2. The van der Waals surface area contributed by atoms with Crippen molar-refractivity contribution in [3.8, 4) is 0 Å². The fraction of sp³-hybridized carbons (Fsp3) is 0.914. The molecule has 0 spiro atoms. The van der Waals surface area contributed by atoms with Crippen LogP contribution in [0.2, 0.25) is 0 Å². The molecule has 0 fully saturated rings. The van der Waals surface area contributed by atoms with Gasteiger partial charge in [0.1, 0.15) is 13.2 Å². The summed E-state index contributed by atoms with van der Waals surface area (Å²) >= 11 is 0. The van der Waals surface area contributed by atoms with Crippen LogP contribution < -0.4 is 0 Å². The van der Waals surface area contributed by atoms with Crippen LogP contribution in [0, 0.1) is 0 Å². The Morgan fingerprint density at radius 2 is 0.516 bits per heavy atom. The second-order valence-electron chi connectivity index (χ2n) is 19.6. The van der Waals surface area contributed by atoms with Gasteiger partial charge in [-0.15, -0.1) is 0 Å². The van der Waals surface area contributed by atoms with Crippen LogP contribution >= 0.6 is 0 Å². The molecule has 0 radical (unpaired) electrons. The van der Waals surface area contributed by atoms with E-state index in [1.807, 2.05) is 0 Å². The zero-order valence-corrected chi connectivity index (χ0v) is 43.3. The Bertz CT molecular complexity index is 993. The van der Waals surface area contributed by atoms with Crippen molar-refractivity contribution >= 4 is 17.9 Å². The monoisotopic (exact) mass is 903 g/mol. The summed E-state index contributed by atoms with van der Waals surface area (Å²) in [5, 5.41) is 0. The SMILES string of the molecule is CCCCCCCC/C=C/CCCCCCCCCC(=O)OC[C@@H](COC(=O)CCCCCCCCCCCCCCCC)OC(=O)CCCCCCCCCCCCCCCCC. The summed E-state index contributed by atoms with van der Waals surface area (Å²) in [7, 11) is 0. The predicted molar refractivity (Wildman–Crippen MR) is 275 cm³/mol. The third-order valence-corrected chi connectivity index (χ3v) is 13.0. The molecule has 64 heavy (non-hydrogen) atoms. The third kappa shape index (κ3) is 51.1. The smallest absolute Gasteiger partial charge is 0.306 e. The zero-order valence-electron chi connectivity index (χ0n) is 43.3. The van der Waals surface area contributed by atoms with Gasteiger partial charge in [-0.1, -0.05) is 270 Å². The van der Waals surface area contributed by atoms with Crippen molar-refractivity contribution in [2.75, 3.05) is 13.2 Å². The molecule has 0 saturated carbocycles. The summed E-state index contributed by atoms with van der Waals surface area (Å²) < 4.78 is 16.9. The Balaban J connectivity index is 4.31. The lowest BCUT2D eigenvalue weighted by atomic mass is 10.0. The highest BCUT2D eigenvalue weighted by molar-refractivity contribution is 5.71. The first-order chi connectivity index (χ1) is 31.5. The molecule has 0 amide bonds. The van der Waals surface area contributed by atoms with Crippen LogP contribution in [0.15, 0.2) is 12.2 Å². The number of hydrogen-bond donors (Lipinski definition) is 0. The lowest BCUT2D eigenvalue weighted by Gasteiger charge is -2.18. The minimum Gasteiger partial charge on any atom is -0.462 e. The Morgan fingerprint density at radius 1 is 0.297 bits per heavy atom. The molecular formula is C58H110O6. The van der Waals surface area contributed by atoms with E-state index >= 15 is 0 Å². The Morgan fingerprint density at radius 3 is 0.781 bits per heavy atom. The summed E-state index contributed by atoms with van der Waals surface area (Å²) in [6, 6.07) is 0. The predicted octanol–water partition coefficient (Wildman–Crippen LogP) is 18.9. The third-order valence-electron chi connectivity index (χ3n) is 13.0. The highest BCUT2D eigenvalue weighted by Gasteiger charge is 2.19. The molecule has 0 N–H and O–H groups in total. The van der Waals surface area contributed by atoms with Gasteiger partial charge in [-0.05, 0) is 44.9 Å². The standard InChI is InChI=1S/C58H110O6/c1-4-7-10-13-16-19-22-25-28-29-31-33-36-39-42-45-48-51-57(60)63-54-55(53-62-56(59)50-47-44-41-38-35-32-27-24-21-18-15-12-9-6-3)64-58(61)52-49-46-43-40-37-34-30-26-23-20-17-14-11-8-5-2/h25,28,55H,4-24,26-27,29-54H2,1-3H3/b28-25+/t55-/m1/s1. The van der Waals surface area contributed by atoms with Gasteiger partial charge in [-0.2, -0.15) is 0 Å². The fourth-order valence-electron chi connectivity index (χ4n) is 8.68. The van der Waals surface area contributed by atoms with Crippen molar-refractivity contribution < 1.29 is 28.6 Å². The molecule has 0 rings (SSSR count). The molecule has 0 saturated heterocycles. The van der Waals surface area contributed by atoms with E-state index in [1.54, 1.807) is 0 Å². The molecular weight excluding hydrogens is 793 g/mol. The maximum Gasteiger partial charge on any atom is 0.306 e. The molecule has 6 heteroatoms. The molecule has 0 aromatic carbocycles. The second-order valence-corrected chi connectivity index (χ2v) is 19.6. The average molecular weight is 904 g/mol. The largest absolute Gasteiger partial charge is 0.462 e. The Hall–Kier alpha value is -1.85. The van der Waals surface area contributed by atoms with E-state index in [0.29, 0.717) is 19.3 Å². The number of carbonyl (C=O) groups excluding carboxylic acids is 3.